The number of thiazole rings is 1. The molecule has 1 saturated carbocycles. The molecule has 2 aromatic rings. The Labute approximate surface area is 159 Å². The molecule has 140 valence electrons. The van der Waals surface area contributed by atoms with Gasteiger partial charge in [-0.15, -0.1) is 11.3 Å². The molecular weight excluding hydrogens is 346 g/mol. The van der Waals surface area contributed by atoms with Crippen molar-refractivity contribution in [2.24, 2.45) is 0 Å². The molecule has 1 aromatic heterocycles. The quantitative estimate of drug-likeness (QED) is 0.755. The van der Waals surface area contributed by atoms with Crippen LogP contribution in [-0.4, -0.2) is 17.1 Å². The SMILES string of the molecule is CCc1nc(CNC(=O)NCc2cccc(OC3CCCCC3)c2)cs1. The number of hydrogen-bond acceptors (Lipinski definition) is 4. The summed E-state index contributed by atoms with van der Waals surface area (Å²) < 4.78 is 6.09. The molecule has 1 heterocycles. The maximum Gasteiger partial charge on any atom is 0.315 e. The van der Waals surface area contributed by atoms with Crippen molar-refractivity contribution in [2.45, 2.75) is 64.6 Å². The Hall–Kier alpha value is -2.08. The number of nitrogens with one attached hydrogen (secondary N) is 2. The maximum atomic E-state index is 12.0. The first-order valence-corrected chi connectivity index (χ1v) is 10.3. The van der Waals surface area contributed by atoms with Crippen molar-refractivity contribution in [2.75, 3.05) is 0 Å². The molecule has 0 saturated heterocycles. The van der Waals surface area contributed by atoms with Crippen LogP contribution in [0.3, 0.4) is 0 Å². The Bertz CT molecular complexity index is 711. The van der Waals surface area contributed by atoms with Crippen molar-refractivity contribution in [3.05, 3.63) is 45.9 Å². The number of nitrogens with zero attached hydrogens (tertiary/aromatic N) is 1. The first-order valence-electron chi connectivity index (χ1n) is 9.43. The van der Waals surface area contributed by atoms with Gasteiger partial charge in [0.2, 0.25) is 0 Å². The zero-order valence-corrected chi connectivity index (χ0v) is 16.1. The van der Waals surface area contributed by atoms with Gasteiger partial charge in [-0.1, -0.05) is 25.5 Å². The summed E-state index contributed by atoms with van der Waals surface area (Å²) in [4.78, 5) is 16.4. The molecule has 1 aliphatic rings. The van der Waals surface area contributed by atoms with Gasteiger partial charge in [-0.05, 0) is 49.8 Å². The Morgan fingerprint density at radius 1 is 1.23 bits per heavy atom. The molecule has 2 amide bonds. The predicted octanol–water partition coefficient (Wildman–Crippen LogP) is 4.42. The standard InChI is InChI=1S/C20H27N3O2S/c1-2-19-23-16(14-26-19)13-22-20(24)21-12-15-7-6-10-18(11-15)25-17-8-4-3-5-9-17/h6-7,10-11,14,17H,2-5,8-9,12-13H2,1H3,(H2,21,22,24). The molecule has 1 fully saturated rings. The number of aromatic nitrogens is 1. The fourth-order valence-electron chi connectivity index (χ4n) is 3.11. The number of amides is 2. The van der Waals surface area contributed by atoms with Crippen molar-refractivity contribution < 1.29 is 9.53 Å². The minimum atomic E-state index is -0.186. The van der Waals surface area contributed by atoms with Gasteiger partial charge in [0.15, 0.2) is 0 Å². The Morgan fingerprint density at radius 2 is 2.04 bits per heavy atom. The second kappa shape index (κ2) is 9.57. The summed E-state index contributed by atoms with van der Waals surface area (Å²) in [5.41, 5.74) is 1.94. The number of carbonyl (C=O) groups excluding carboxylic acids is 1. The van der Waals surface area contributed by atoms with Crippen LogP contribution >= 0.6 is 11.3 Å². The third-order valence-corrected chi connectivity index (χ3v) is 5.58. The number of aryl methyl sites for hydroxylation is 1. The Balaban J connectivity index is 1.43. The normalized spacial score (nSPS) is 14.8. The summed E-state index contributed by atoms with van der Waals surface area (Å²) in [5.74, 6) is 0.895. The van der Waals surface area contributed by atoms with Crippen LogP contribution in [0, 0.1) is 0 Å². The van der Waals surface area contributed by atoms with Gasteiger partial charge in [0.25, 0.3) is 0 Å². The number of rotatable bonds is 7. The highest BCUT2D eigenvalue weighted by Gasteiger charge is 2.14. The lowest BCUT2D eigenvalue weighted by atomic mass is 9.98. The van der Waals surface area contributed by atoms with E-state index in [9.17, 15) is 4.79 Å². The van der Waals surface area contributed by atoms with Crippen molar-refractivity contribution in [1.82, 2.24) is 15.6 Å². The smallest absolute Gasteiger partial charge is 0.315 e. The lowest BCUT2D eigenvalue weighted by Crippen LogP contribution is -2.34. The number of hydrogen-bond donors (Lipinski definition) is 2. The maximum absolute atomic E-state index is 12.0. The molecule has 3 rings (SSSR count). The zero-order chi connectivity index (χ0) is 18.2. The van der Waals surface area contributed by atoms with E-state index in [0.717, 1.165) is 41.3 Å². The van der Waals surface area contributed by atoms with Crippen LogP contribution in [-0.2, 0) is 19.5 Å². The highest BCUT2D eigenvalue weighted by Crippen LogP contribution is 2.23. The Kier molecular flexibility index (Phi) is 6.89. The second-order valence-corrected chi connectivity index (χ2v) is 7.59. The number of ether oxygens (including phenoxy) is 1. The third-order valence-electron chi connectivity index (χ3n) is 4.54. The van der Waals surface area contributed by atoms with E-state index in [0.29, 0.717) is 19.2 Å². The number of benzene rings is 1. The van der Waals surface area contributed by atoms with Crippen LogP contribution in [0.1, 0.15) is 55.3 Å². The van der Waals surface area contributed by atoms with Gasteiger partial charge < -0.3 is 15.4 Å². The average Bonchev–Trinajstić information content (AvgIpc) is 3.14. The van der Waals surface area contributed by atoms with Gasteiger partial charge in [0.1, 0.15) is 5.75 Å². The molecule has 0 radical (unpaired) electrons. The molecule has 1 aliphatic carbocycles. The summed E-state index contributed by atoms with van der Waals surface area (Å²) in [6, 6.07) is 7.81. The highest BCUT2D eigenvalue weighted by molar-refractivity contribution is 7.09. The van der Waals surface area contributed by atoms with E-state index in [2.05, 4.69) is 22.5 Å². The van der Waals surface area contributed by atoms with Crippen LogP contribution in [0.4, 0.5) is 4.79 Å². The molecule has 6 heteroatoms. The Morgan fingerprint density at radius 3 is 2.81 bits per heavy atom. The second-order valence-electron chi connectivity index (χ2n) is 6.65. The summed E-state index contributed by atoms with van der Waals surface area (Å²) in [6.45, 7) is 3.01. The van der Waals surface area contributed by atoms with E-state index in [-0.39, 0.29) is 6.03 Å². The van der Waals surface area contributed by atoms with Crippen LogP contribution in [0.15, 0.2) is 29.6 Å². The van der Waals surface area contributed by atoms with Crippen LogP contribution < -0.4 is 15.4 Å². The summed E-state index contributed by atoms with van der Waals surface area (Å²) in [5, 5.41) is 8.83. The number of carbonyl (C=O) groups is 1. The molecule has 1 aromatic carbocycles. The van der Waals surface area contributed by atoms with Gasteiger partial charge in [-0.2, -0.15) is 0 Å². The molecule has 5 nitrogen and oxygen atoms in total. The predicted molar refractivity (Wildman–Crippen MR) is 105 cm³/mol. The summed E-state index contributed by atoms with van der Waals surface area (Å²) >= 11 is 1.63. The third kappa shape index (κ3) is 5.73. The van der Waals surface area contributed by atoms with E-state index in [1.54, 1.807) is 11.3 Å². The van der Waals surface area contributed by atoms with Crippen LogP contribution in [0.2, 0.25) is 0 Å². The van der Waals surface area contributed by atoms with E-state index < -0.39 is 0 Å². The molecule has 0 spiro atoms. The monoisotopic (exact) mass is 373 g/mol. The molecule has 0 bridgehead atoms. The molecule has 0 unspecified atom stereocenters. The van der Waals surface area contributed by atoms with E-state index in [1.165, 1.54) is 19.3 Å². The van der Waals surface area contributed by atoms with E-state index in [1.807, 2.05) is 29.6 Å². The minimum absolute atomic E-state index is 0.186. The van der Waals surface area contributed by atoms with Gasteiger partial charge >= 0.3 is 6.03 Å². The molecule has 26 heavy (non-hydrogen) atoms. The minimum Gasteiger partial charge on any atom is -0.490 e. The highest BCUT2D eigenvalue weighted by atomic mass is 32.1. The van der Waals surface area contributed by atoms with Crippen molar-refractivity contribution in [3.8, 4) is 5.75 Å². The van der Waals surface area contributed by atoms with E-state index in [4.69, 9.17) is 4.74 Å². The van der Waals surface area contributed by atoms with Crippen molar-refractivity contribution >= 4 is 17.4 Å². The van der Waals surface area contributed by atoms with E-state index >= 15 is 0 Å². The first-order chi connectivity index (χ1) is 12.7. The summed E-state index contributed by atoms with van der Waals surface area (Å²) in [7, 11) is 0. The zero-order valence-electron chi connectivity index (χ0n) is 15.3. The van der Waals surface area contributed by atoms with Crippen LogP contribution in [0.5, 0.6) is 5.75 Å². The van der Waals surface area contributed by atoms with Gasteiger partial charge in [-0.25, -0.2) is 9.78 Å². The lowest BCUT2D eigenvalue weighted by Gasteiger charge is -2.23. The fraction of sp³-hybridized carbons (Fsp3) is 0.500. The first kappa shape index (κ1) is 18.7. The van der Waals surface area contributed by atoms with Crippen LogP contribution in [0.25, 0.3) is 0 Å². The molecule has 0 atom stereocenters. The van der Waals surface area contributed by atoms with Crippen molar-refractivity contribution in [3.63, 3.8) is 0 Å². The molecule has 0 aliphatic heterocycles. The average molecular weight is 374 g/mol. The van der Waals surface area contributed by atoms with Gasteiger partial charge in [-0.3, -0.25) is 0 Å². The topological polar surface area (TPSA) is 63.2 Å². The van der Waals surface area contributed by atoms with Gasteiger partial charge in [0, 0.05) is 11.9 Å². The van der Waals surface area contributed by atoms with Gasteiger partial charge in [0.05, 0.1) is 23.4 Å². The molecule has 2 N–H and O–H groups in total. The largest absolute Gasteiger partial charge is 0.490 e. The fourth-order valence-corrected chi connectivity index (χ4v) is 3.86. The summed E-state index contributed by atoms with van der Waals surface area (Å²) in [6.07, 6.45) is 7.37. The van der Waals surface area contributed by atoms with Crippen molar-refractivity contribution in [1.29, 1.82) is 0 Å². The lowest BCUT2D eigenvalue weighted by molar-refractivity contribution is 0.155. The molecular formula is C20H27N3O2S. The number of urea groups is 1.